The molecular weight excluding hydrogens is 249 g/mol. The second-order valence-corrected chi connectivity index (χ2v) is 3.27. The molecule has 0 bridgehead atoms. The minimum Gasteiger partial charge on any atom is -0.479 e. The average molecular weight is 265 g/mol. The minimum absolute atomic E-state index is 0.00936. The third-order valence-electron chi connectivity index (χ3n) is 1.78. The Labute approximate surface area is 103 Å². The Morgan fingerprint density at radius 1 is 1.33 bits per heavy atom. The van der Waals surface area contributed by atoms with Crippen molar-refractivity contribution in [2.24, 2.45) is 0 Å². The number of carbonyl (C=O) groups is 3. The quantitative estimate of drug-likeness (QED) is 0.522. The highest BCUT2D eigenvalue weighted by Gasteiger charge is 2.30. The van der Waals surface area contributed by atoms with Crippen LogP contribution < -0.4 is 5.32 Å². The van der Waals surface area contributed by atoms with Crippen LogP contribution in [0.4, 0.5) is 9.18 Å². The summed E-state index contributed by atoms with van der Waals surface area (Å²) in [5, 5.41) is 10.4. The largest absolute Gasteiger partial charge is 0.479 e. The number of rotatable bonds is 7. The molecule has 0 aromatic heterocycles. The molecule has 0 spiro atoms. The van der Waals surface area contributed by atoms with Gasteiger partial charge in [0.05, 0.1) is 6.61 Å². The predicted molar refractivity (Wildman–Crippen MR) is 57.5 cm³/mol. The molecule has 0 radical (unpaired) electrons. The van der Waals surface area contributed by atoms with Crippen molar-refractivity contribution in [2.75, 3.05) is 6.61 Å². The molecule has 0 saturated carbocycles. The number of aliphatic carboxylic acids is 1. The number of carbonyl (C=O) groups excluding carboxylic acids is 2. The number of carboxylic acid groups (broad SMARTS) is 1. The summed E-state index contributed by atoms with van der Waals surface area (Å²) in [6.07, 6.45) is -2.72. The molecule has 0 aromatic carbocycles. The molecule has 0 aromatic rings. The van der Waals surface area contributed by atoms with E-state index >= 15 is 0 Å². The van der Waals surface area contributed by atoms with Gasteiger partial charge in [0.15, 0.2) is 0 Å². The van der Waals surface area contributed by atoms with Crippen LogP contribution in [-0.2, 0) is 19.1 Å². The molecule has 0 rings (SSSR count). The van der Waals surface area contributed by atoms with Gasteiger partial charge in [0.2, 0.25) is 12.4 Å². The Bertz CT molecular complexity index is 309. The second-order valence-electron chi connectivity index (χ2n) is 3.27. The summed E-state index contributed by atoms with van der Waals surface area (Å²) < 4.78 is 21.6. The van der Waals surface area contributed by atoms with Gasteiger partial charge in [-0.15, -0.1) is 0 Å². The van der Waals surface area contributed by atoms with Crippen LogP contribution in [0.3, 0.4) is 0 Å². The van der Waals surface area contributed by atoms with Gasteiger partial charge >= 0.3 is 18.0 Å². The Hall–Kier alpha value is -1.86. The normalized spacial score (nSPS) is 13.3. The van der Waals surface area contributed by atoms with Crippen LogP contribution in [0.15, 0.2) is 0 Å². The number of alkyl carbamates (subject to hydrolysis) is 1. The molecule has 1 amide bonds. The predicted octanol–water partition coefficient (Wildman–Crippen LogP) is 0.825. The SMILES string of the molecule is CCCC(F)OC(=O)NC(C(=O)O)C(=O)OCC. The number of alkyl halides is 1. The first-order valence-electron chi connectivity index (χ1n) is 5.43. The zero-order chi connectivity index (χ0) is 14.1. The van der Waals surface area contributed by atoms with Gasteiger partial charge in [-0.1, -0.05) is 6.92 Å². The van der Waals surface area contributed by atoms with Crippen molar-refractivity contribution in [2.45, 2.75) is 39.1 Å². The number of amides is 1. The Balaban J connectivity index is 4.37. The van der Waals surface area contributed by atoms with Gasteiger partial charge in [-0.05, 0) is 13.3 Å². The van der Waals surface area contributed by atoms with Gasteiger partial charge < -0.3 is 14.6 Å². The minimum atomic E-state index is -1.91. The number of ether oxygens (including phenoxy) is 2. The summed E-state index contributed by atoms with van der Waals surface area (Å²) in [4.78, 5) is 33.0. The maximum Gasteiger partial charge on any atom is 0.410 e. The van der Waals surface area contributed by atoms with Crippen LogP contribution in [0.2, 0.25) is 0 Å². The Morgan fingerprint density at radius 3 is 2.39 bits per heavy atom. The zero-order valence-corrected chi connectivity index (χ0v) is 10.1. The van der Waals surface area contributed by atoms with Crippen LogP contribution in [0.25, 0.3) is 0 Å². The maximum absolute atomic E-state index is 12.9. The third kappa shape index (κ3) is 6.02. The van der Waals surface area contributed by atoms with Gasteiger partial charge in [0, 0.05) is 6.42 Å². The summed E-state index contributed by atoms with van der Waals surface area (Å²) >= 11 is 0. The van der Waals surface area contributed by atoms with E-state index in [4.69, 9.17) is 5.11 Å². The van der Waals surface area contributed by atoms with E-state index in [-0.39, 0.29) is 13.0 Å². The van der Waals surface area contributed by atoms with E-state index in [0.717, 1.165) is 0 Å². The topological polar surface area (TPSA) is 102 Å². The molecule has 0 heterocycles. The van der Waals surface area contributed by atoms with Crippen molar-refractivity contribution in [1.29, 1.82) is 0 Å². The van der Waals surface area contributed by atoms with E-state index in [9.17, 15) is 18.8 Å². The van der Waals surface area contributed by atoms with E-state index < -0.39 is 30.4 Å². The van der Waals surface area contributed by atoms with Gasteiger partial charge in [-0.3, -0.25) is 5.32 Å². The molecule has 0 aliphatic heterocycles. The van der Waals surface area contributed by atoms with Crippen LogP contribution >= 0.6 is 0 Å². The smallest absolute Gasteiger partial charge is 0.410 e. The van der Waals surface area contributed by atoms with Crippen molar-refractivity contribution in [1.82, 2.24) is 5.32 Å². The van der Waals surface area contributed by atoms with Crippen LogP contribution in [0, 0.1) is 0 Å². The van der Waals surface area contributed by atoms with Crippen LogP contribution in [0.5, 0.6) is 0 Å². The van der Waals surface area contributed by atoms with E-state index in [1.54, 1.807) is 12.2 Å². The molecule has 0 aliphatic carbocycles. The lowest BCUT2D eigenvalue weighted by molar-refractivity contribution is -0.154. The summed E-state index contributed by atoms with van der Waals surface area (Å²) in [6, 6.07) is -1.91. The van der Waals surface area contributed by atoms with Crippen molar-refractivity contribution >= 4 is 18.0 Å². The monoisotopic (exact) mass is 265 g/mol. The lowest BCUT2D eigenvalue weighted by Gasteiger charge is -2.14. The first-order valence-corrected chi connectivity index (χ1v) is 5.43. The molecule has 2 unspecified atom stereocenters. The highest BCUT2D eigenvalue weighted by molar-refractivity contribution is 6.00. The van der Waals surface area contributed by atoms with Gasteiger partial charge in [0.1, 0.15) is 0 Å². The lowest BCUT2D eigenvalue weighted by atomic mass is 10.3. The number of halogens is 1. The fraction of sp³-hybridized carbons (Fsp3) is 0.700. The summed E-state index contributed by atoms with van der Waals surface area (Å²) in [7, 11) is 0. The molecule has 0 aliphatic rings. The first-order chi connectivity index (χ1) is 8.42. The number of carboxylic acids is 1. The fourth-order valence-corrected chi connectivity index (χ4v) is 1.00. The molecule has 104 valence electrons. The molecule has 0 saturated heterocycles. The number of hydrogen-bond acceptors (Lipinski definition) is 5. The van der Waals surface area contributed by atoms with Crippen molar-refractivity contribution in [3.8, 4) is 0 Å². The highest BCUT2D eigenvalue weighted by Crippen LogP contribution is 2.03. The Kier molecular flexibility index (Phi) is 7.41. The van der Waals surface area contributed by atoms with Gasteiger partial charge in [0.25, 0.3) is 0 Å². The average Bonchev–Trinajstić information content (AvgIpc) is 2.25. The Morgan fingerprint density at radius 2 is 1.94 bits per heavy atom. The summed E-state index contributed by atoms with van der Waals surface area (Å²) in [5.74, 6) is -2.76. The van der Waals surface area contributed by atoms with Crippen molar-refractivity contribution in [3.63, 3.8) is 0 Å². The molecular formula is C10H16FNO6. The number of esters is 1. The molecule has 7 nitrogen and oxygen atoms in total. The van der Waals surface area contributed by atoms with Crippen molar-refractivity contribution < 1.29 is 33.4 Å². The van der Waals surface area contributed by atoms with E-state index in [0.29, 0.717) is 6.42 Å². The third-order valence-corrected chi connectivity index (χ3v) is 1.78. The van der Waals surface area contributed by atoms with E-state index in [1.807, 2.05) is 0 Å². The van der Waals surface area contributed by atoms with Crippen molar-refractivity contribution in [3.05, 3.63) is 0 Å². The molecule has 8 heteroatoms. The summed E-state index contributed by atoms with van der Waals surface area (Å²) in [5.41, 5.74) is 0. The lowest BCUT2D eigenvalue weighted by Crippen LogP contribution is -2.48. The molecule has 18 heavy (non-hydrogen) atoms. The molecule has 0 fully saturated rings. The zero-order valence-electron chi connectivity index (χ0n) is 10.1. The van der Waals surface area contributed by atoms with E-state index in [2.05, 4.69) is 9.47 Å². The summed E-state index contributed by atoms with van der Waals surface area (Å²) in [6.45, 7) is 3.13. The van der Waals surface area contributed by atoms with Gasteiger partial charge in [-0.2, -0.15) is 0 Å². The first kappa shape index (κ1) is 16.1. The highest BCUT2D eigenvalue weighted by atomic mass is 19.1. The standard InChI is InChI=1S/C10H16FNO6/c1-3-5-6(11)18-10(16)12-7(8(13)14)9(15)17-4-2/h6-7H,3-5H2,1-2H3,(H,12,16)(H,13,14). The van der Waals surface area contributed by atoms with Crippen LogP contribution in [0.1, 0.15) is 26.7 Å². The van der Waals surface area contributed by atoms with E-state index in [1.165, 1.54) is 6.92 Å². The fourth-order valence-electron chi connectivity index (χ4n) is 1.00. The molecule has 2 N–H and O–H groups in total. The maximum atomic E-state index is 12.9. The van der Waals surface area contributed by atoms with Crippen LogP contribution in [-0.4, -0.2) is 42.1 Å². The molecule has 2 atom stereocenters. The van der Waals surface area contributed by atoms with Gasteiger partial charge in [-0.25, -0.2) is 18.8 Å². The second kappa shape index (κ2) is 8.26. The number of nitrogens with one attached hydrogen (secondary N) is 1. The number of hydrogen-bond donors (Lipinski definition) is 2.